The van der Waals surface area contributed by atoms with E-state index in [1.165, 1.54) is 38.5 Å². The minimum atomic E-state index is -0.353. The summed E-state index contributed by atoms with van der Waals surface area (Å²) in [5.74, 6) is 0.0911. The molecule has 0 aliphatic carbocycles. The van der Waals surface area contributed by atoms with Gasteiger partial charge in [-0.2, -0.15) is 0 Å². The summed E-state index contributed by atoms with van der Waals surface area (Å²) < 4.78 is 11.0. The largest absolute Gasteiger partial charge is 0.462 e. The second kappa shape index (κ2) is 17.4. The van der Waals surface area contributed by atoms with Gasteiger partial charge in [0.15, 0.2) is 0 Å². The van der Waals surface area contributed by atoms with Crippen LogP contribution in [0.3, 0.4) is 0 Å². The topological polar surface area (TPSA) is 52.6 Å². The molecule has 0 unspecified atom stereocenters. The summed E-state index contributed by atoms with van der Waals surface area (Å²) in [5, 5.41) is 0. The van der Waals surface area contributed by atoms with Crippen LogP contribution in [0, 0.1) is 17.8 Å². The quantitative estimate of drug-likeness (QED) is 0.140. The van der Waals surface area contributed by atoms with Crippen LogP contribution in [0.4, 0.5) is 0 Å². The first-order valence-corrected chi connectivity index (χ1v) is 12.2. The minimum absolute atomic E-state index is 0.262. The van der Waals surface area contributed by atoms with E-state index in [4.69, 9.17) is 9.47 Å². The van der Waals surface area contributed by atoms with Crippen LogP contribution in [-0.2, 0) is 19.1 Å². The molecule has 0 fully saturated rings. The zero-order chi connectivity index (χ0) is 22.9. The van der Waals surface area contributed by atoms with E-state index in [9.17, 15) is 9.59 Å². The molecule has 0 aromatic rings. The summed E-state index contributed by atoms with van der Waals surface area (Å²) in [7, 11) is 0. The molecule has 0 saturated carbocycles. The molecule has 0 amide bonds. The molecule has 4 heteroatoms. The second-order valence-electron chi connectivity index (χ2n) is 9.76. The first-order chi connectivity index (χ1) is 14.2. The van der Waals surface area contributed by atoms with E-state index >= 15 is 0 Å². The van der Waals surface area contributed by atoms with Crippen molar-refractivity contribution >= 4 is 11.9 Å². The number of ether oxygens (including phenoxy) is 2. The molecule has 0 radical (unpaired) electrons. The van der Waals surface area contributed by atoms with E-state index in [0.717, 1.165) is 12.8 Å². The predicted molar refractivity (Wildman–Crippen MR) is 125 cm³/mol. The first kappa shape index (κ1) is 28.7. The van der Waals surface area contributed by atoms with Gasteiger partial charge in [-0.15, -0.1) is 0 Å². The maximum absolute atomic E-state index is 12.9. The van der Waals surface area contributed by atoms with Gasteiger partial charge < -0.3 is 9.47 Å². The molecule has 0 aromatic carbocycles. The van der Waals surface area contributed by atoms with Crippen molar-refractivity contribution in [3.05, 3.63) is 11.1 Å². The third-order valence-electron chi connectivity index (χ3n) is 4.85. The summed E-state index contributed by atoms with van der Waals surface area (Å²) in [5.41, 5.74) is 1.05. The van der Waals surface area contributed by atoms with E-state index in [1.54, 1.807) is 0 Å². The minimum Gasteiger partial charge on any atom is -0.462 e. The fraction of sp³-hybridized carbons (Fsp3) is 0.846. The van der Waals surface area contributed by atoms with Gasteiger partial charge in [0, 0.05) is 11.1 Å². The van der Waals surface area contributed by atoms with Gasteiger partial charge in [-0.05, 0) is 37.0 Å². The van der Waals surface area contributed by atoms with E-state index in [-0.39, 0.29) is 29.7 Å². The Morgan fingerprint density at radius 2 is 1.03 bits per heavy atom. The number of carbonyl (C=O) groups excluding carboxylic acids is 2. The maximum Gasteiger partial charge on any atom is 0.334 e. The molecule has 0 aliphatic rings. The van der Waals surface area contributed by atoms with Gasteiger partial charge in [-0.1, -0.05) is 93.4 Å². The monoisotopic (exact) mass is 424 g/mol. The summed E-state index contributed by atoms with van der Waals surface area (Å²) in [4.78, 5) is 25.7. The van der Waals surface area contributed by atoms with Crippen LogP contribution in [0.25, 0.3) is 0 Å². The average molecular weight is 425 g/mol. The first-order valence-electron chi connectivity index (χ1n) is 12.2. The summed E-state index contributed by atoms with van der Waals surface area (Å²) in [6, 6.07) is 0. The number of hydrogen-bond donors (Lipinski definition) is 0. The average Bonchev–Trinajstić information content (AvgIpc) is 2.67. The normalized spacial score (nSPS) is 12.5. The molecular weight excluding hydrogens is 376 g/mol. The predicted octanol–water partition coefficient (Wildman–Crippen LogP) is 7.26. The van der Waals surface area contributed by atoms with Crippen molar-refractivity contribution in [1.29, 1.82) is 0 Å². The maximum atomic E-state index is 12.9. The van der Waals surface area contributed by atoms with Gasteiger partial charge in [-0.25, -0.2) is 9.59 Å². The summed E-state index contributed by atoms with van der Waals surface area (Å²) >= 11 is 0. The molecule has 0 saturated heterocycles. The molecule has 0 N–H and O–H groups in total. The smallest absolute Gasteiger partial charge is 0.334 e. The van der Waals surface area contributed by atoms with Crippen LogP contribution >= 0.6 is 0 Å². The zero-order valence-electron chi connectivity index (χ0n) is 20.9. The van der Waals surface area contributed by atoms with Gasteiger partial charge in [0.1, 0.15) is 0 Å². The van der Waals surface area contributed by atoms with Gasteiger partial charge in [0.25, 0.3) is 0 Å². The number of carbonyl (C=O) groups is 2. The highest BCUT2D eigenvalue weighted by Gasteiger charge is 2.24. The standard InChI is InChI=1S/C26H48O4/c1-8-9-10-11-12-13-14-15-16-23(25(27)29-18-21(4)5)24(17-20(2)3)26(28)30-19-22(6)7/h20-22H,8-19H2,1-7H3. The Balaban J connectivity index is 5.19. The van der Waals surface area contributed by atoms with Crippen molar-refractivity contribution in [3.63, 3.8) is 0 Å². The zero-order valence-corrected chi connectivity index (χ0v) is 20.9. The van der Waals surface area contributed by atoms with Gasteiger partial charge >= 0.3 is 11.9 Å². The van der Waals surface area contributed by atoms with Crippen LogP contribution in [-0.4, -0.2) is 25.2 Å². The van der Waals surface area contributed by atoms with E-state index in [0.29, 0.717) is 37.2 Å². The van der Waals surface area contributed by atoms with Crippen LogP contribution in [0.5, 0.6) is 0 Å². The van der Waals surface area contributed by atoms with Crippen LogP contribution < -0.4 is 0 Å². The van der Waals surface area contributed by atoms with Crippen molar-refractivity contribution in [3.8, 4) is 0 Å². The molecule has 0 bridgehead atoms. The van der Waals surface area contributed by atoms with E-state index in [1.807, 2.05) is 27.7 Å². The number of rotatable bonds is 17. The lowest BCUT2D eigenvalue weighted by Crippen LogP contribution is -2.20. The molecule has 30 heavy (non-hydrogen) atoms. The van der Waals surface area contributed by atoms with Crippen molar-refractivity contribution < 1.29 is 19.1 Å². The molecule has 0 atom stereocenters. The number of unbranched alkanes of at least 4 members (excludes halogenated alkanes) is 7. The lowest BCUT2D eigenvalue weighted by Gasteiger charge is -2.17. The van der Waals surface area contributed by atoms with E-state index in [2.05, 4.69) is 20.8 Å². The molecule has 176 valence electrons. The van der Waals surface area contributed by atoms with E-state index < -0.39 is 0 Å². The van der Waals surface area contributed by atoms with Crippen LogP contribution in [0.2, 0.25) is 0 Å². The SMILES string of the molecule is CCCCCCCCCCC(C(=O)OCC(C)C)=C(CC(C)C)C(=O)OCC(C)C. The third kappa shape index (κ3) is 14.6. The molecule has 0 aromatic heterocycles. The highest BCUT2D eigenvalue weighted by Crippen LogP contribution is 2.24. The second-order valence-corrected chi connectivity index (χ2v) is 9.76. The Hall–Kier alpha value is -1.32. The molecule has 0 heterocycles. The fourth-order valence-electron chi connectivity index (χ4n) is 3.21. The number of esters is 2. The van der Waals surface area contributed by atoms with Gasteiger partial charge in [0.05, 0.1) is 13.2 Å². The highest BCUT2D eigenvalue weighted by atomic mass is 16.5. The van der Waals surface area contributed by atoms with Crippen LogP contribution in [0.15, 0.2) is 11.1 Å². The lowest BCUT2D eigenvalue weighted by atomic mass is 9.94. The lowest BCUT2D eigenvalue weighted by molar-refractivity contribution is -0.143. The Bertz CT molecular complexity index is 503. The molecule has 0 aliphatic heterocycles. The molecule has 0 rings (SSSR count). The number of hydrogen-bond acceptors (Lipinski definition) is 4. The summed E-state index contributed by atoms with van der Waals surface area (Å²) in [6.45, 7) is 15.1. The van der Waals surface area contributed by atoms with Crippen molar-refractivity contribution in [2.75, 3.05) is 13.2 Å². The van der Waals surface area contributed by atoms with Gasteiger partial charge in [-0.3, -0.25) is 0 Å². The van der Waals surface area contributed by atoms with Crippen LogP contribution in [0.1, 0.15) is 113 Å². The Kier molecular flexibility index (Phi) is 16.6. The summed E-state index contributed by atoms with van der Waals surface area (Å²) in [6.07, 6.45) is 10.7. The molecule has 4 nitrogen and oxygen atoms in total. The molecule has 0 spiro atoms. The highest BCUT2D eigenvalue weighted by molar-refractivity contribution is 6.00. The Morgan fingerprint density at radius 1 is 0.600 bits per heavy atom. The molecular formula is C26H48O4. The van der Waals surface area contributed by atoms with Crippen molar-refractivity contribution in [2.24, 2.45) is 17.8 Å². The van der Waals surface area contributed by atoms with Gasteiger partial charge in [0.2, 0.25) is 0 Å². The third-order valence-corrected chi connectivity index (χ3v) is 4.85. The Labute approximate surface area is 186 Å². The Morgan fingerprint density at radius 3 is 1.47 bits per heavy atom. The van der Waals surface area contributed by atoms with Crippen molar-refractivity contribution in [2.45, 2.75) is 113 Å². The fourth-order valence-corrected chi connectivity index (χ4v) is 3.21. The van der Waals surface area contributed by atoms with Crippen molar-refractivity contribution in [1.82, 2.24) is 0 Å².